The summed E-state index contributed by atoms with van der Waals surface area (Å²) in [5, 5.41) is 6.67. The van der Waals surface area contributed by atoms with Crippen LogP contribution in [0.2, 0.25) is 0 Å². The molecule has 9 heteroatoms. The van der Waals surface area contributed by atoms with Gasteiger partial charge in [0.25, 0.3) is 5.91 Å². The van der Waals surface area contributed by atoms with E-state index in [1.54, 1.807) is 31.5 Å². The summed E-state index contributed by atoms with van der Waals surface area (Å²) < 4.78 is 21.4. The van der Waals surface area contributed by atoms with Gasteiger partial charge in [-0.2, -0.15) is 0 Å². The summed E-state index contributed by atoms with van der Waals surface area (Å²) in [5.41, 5.74) is 1.89. The number of pyridine rings is 1. The van der Waals surface area contributed by atoms with E-state index < -0.39 is 17.3 Å². The third-order valence-electron chi connectivity index (χ3n) is 5.83. The number of aryl methyl sites for hydroxylation is 1. The average molecular weight is 435 g/mol. The summed E-state index contributed by atoms with van der Waals surface area (Å²) in [6.45, 7) is 3.44. The second-order valence-electron chi connectivity index (χ2n) is 7.99. The zero-order valence-electron chi connectivity index (χ0n) is 17.7. The molecule has 32 heavy (non-hydrogen) atoms. The zero-order chi connectivity index (χ0) is 22.4. The van der Waals surface area contributed by atoms with Crippen LogP contribution in [0.25, 0.3) is 16.6 Å². The number of hydrogen-bond donors (Lipinski definition) is 2. The van der Waals surface area contributed by atoms with Crippen molar-refractivity contribution in [2.45, 2.75) is 19.4 Å². The first kappa shape index (κ1) is 20.2. The van der Waals surface area contributed by atoms with Crippen LogP contribution in [-0.2, 0) is 0 Å². The fraction of sp³-hybridized carbons (Fsp3) is 0.261. The number of nitrogens with one attached hydrogen (secondary N) is 2. The standard InChI is InChI=1S/C23H22FN5O3/c1-13-10-29-12-15(9-18(24)22(29)26-13)27-23(31)17-3-5-19(28-8-7-14(11-28)25-2)16-4-6-20(30)32-21(16)17/h3-6,9-10,12,14,25H,7-8,11H2,1-2H3,(H,27,31). The molecule has 1 saturated heterocycles. The molecule has 0 radical (unpaired) electrons. The van der Waals surface area contributed by atoms with Gasteiger partial charge in [-0.25, -0.2) is 14.2 Å². The van der Waals surface area contributed by atoms with Gasteiger partial charge >= 0.3 is 5.63 Å². The van der Waals surface area contributed by atoms with E-state index in [-0.39, 0.29) is 22.5 Å². The van der Waals surface area contributed by atoms with Crippen molar-refractivity contribution in [1.29, 1.82) is 0 Å². The molecule has 0 saturated carbocycles. The van der Waals surface area contributed by atoms with E-state index in [9.17, 15) is 14.0 Å². The molecular weight excluding hydrogens is 413 g/mol. The molecule has 1 aliphatic rings. The molecule has 4 heterocycles. The molecule has 1 amide bonds. The van der Waals surface area contributed by atoms with Crippen LogP contribution >= 0.6 is 0 Å². The number of aromatic nitrogens is 2. The minimum atomic E-state index is -0.546. The smallest absolute Gasteiger partial charge is 0.336 e. The van der Waals surface area contributed by atoms with Gasteiger partial charge in [0.15, 0.2) is 17.0 Å². The van der Waals surface area contributed by atoms with Gasteiger partial charge in [-0.3, -0.25) is 4.79 Å². The lowest BCUT2D eigenvalue weighted by Crippen LogP contribution is -2.29. The molecule has 0 bridgehead atoms. The Morgan fingerprint density at radius 3 is 2.88 bits per heavy atom. The Hall–Kier alpha value is -3.72. The summed E-state index contributed by atoms with van der Waals surface area (Å²) in [6.07, 6.45) is 4.26. The Bertz CT molecular complexity index is 1410. The molecule has 2 N–H and O–H groups in total. The number of amides is 1. The number of rotatable bonds is 4. The monoisotopic (exact) mass is 435 g/mol. The average Bonchev–Trinajstić information content (AvgIpc) is 3.39. The molecule has 4 aromatic rings. The first-order valence-corrected chi connectivity index (χ1v) is 10.4. The van der Waals surface area contributed by atoms with Crippen molar-refractivity contribution in [2.75, 3.05) is 30.4 Å². The molecule has 1 atom stereocenters. The highest BCUT2D eigenvalue weighted by molar-refractivity contribution is 6.13. The van der Waals surface area contributed by atoms with Crippen molar-refractivity contribution in [2.24, 2.45) is 0 Å². The quantitative estimate of drug-likeness (QED) is 0.479. The van der Waals surface area contributed by atoms with Crippen molar-refractivity contribution in [1.82, 2.24) is 14.7 Å². The predicted molar refractivity (Wildman–Crippen MR) is 120 cm³/mol. The van der Waals surface area contributed by atoms with Gasteiger partial charge < -0.3 is 24.4 Å². The topological polar surface area (TPSA) is 91.9 Å². The lowest BCUT2D eigenvalue weighted by Gasteiger charge is -2.21. The maximum Gasteiger partial charge on any atom is 0.336 e. The SMILES string of the molecule is CNC1CCN(c2ccc(C(=O)Nc3cc(F)c4nc(C)cn4c3)c3oc(=O)ccc23)C1. The van der Waals surface area contributed by atoms with Crippen molar-refractivity contribution in [3.63, 3.8) is 0 Å². The molecule has 0 aliphatic carbocycles. The van der Waals surface area contributed by atoms with Crippen LogP contribution in [0, 0.1) is 12.7 Å². The maximum absolute atomic E-state index is 14.4. The maximum atomic E-state index is 14.4. The lowest BCUT2D eigenvalue weighted by atomic mass is 10.1. The second-order valence-corrected chi connectivity index (χ2v) is 7.99. The number of nitrogens with zero attached hydrogens (tertiary/aromatic N) is 3. The fourth-order valence-electron chi connectivity index (χ4n) is 4.26. The fourth-order valence-corrected chi connectivity index (χ4v) is 4.26. The molecule has 1 aliphatic heterocycles. The van der Waals surface area contributed by atoms with Crippen LogP contribution in [0.1, 0.15) is 22.5 Å². The van der Waals surface area contributed by atoms with Crippen LogP contribution in [0.5, 0.6) is 0 Å². The number of benzene rings is 1. The van der Waals surface area contributed by atoms with Gasteiger partial charge in [0.1, 0.15) is 0 Å². The van der Waals surface area contributed by atoms with E-state index in [4.69, 9.17) is 4.42 Å². The van der Waals surface area contributed by atoms with Gasteiger partial charge in [-0.15, -0.1) is 0 Å². The molecule has 164 valence electrons. The minimum absolute atomic E-state index is 0.187. The highest BCUT2D eigenvalue weighted by Crippen LogP contribution is 2.31. The number of fused-ring (bicyclic) bond motifs is 2. The Morgan fingerprint density at radius 1 is 1.25 bits per heavy atom. The highest BCUT2D eigenvalue weighted by Gasteiger charge is 2.25. The van der Waals surface area contributed by atoms with Crippen LogP contribution in [-0.4, -0.2) is 41.5 Å². The Balaban J connectivity index is 1.53. The van der Waals surface area contributed by atoms with Crippen molar-refractivity contribution in [3.8, 4) is 0 Å². The first-order valence-electron chi connectivity index (χ1n) is 10.4. The number of imidazole rings is 1. The first-order chi connectivity index (χ1) is 15.4. The van der Waals surface area contributed by atoms with Gasteiger partial charge in [0, 0.05) is 54.7 Å². The second kappa shape index (κ2) is 7.76. The van der Waals surface area contributed by atoms with Gasteiger partial charge in [0.2, 0.25) is 0 Å². The Labute approximate surface area is 182 Å². The van der Waals surface area contributed by atoms with E-state index in [0.717, 1.165) is 25.2 Å². The Kier molecular flexibility index (Phi) is 4.90. The summed E-state index contributed by atoms with van der Waals surface area (Å²) in [6, 6.07) is 8.12. The molecule has 0 spiro atoms. The number of likely N-dealkylation sites (N-methyl/N-ethyl adjacent to an activating group) is 1. The van der Waals surface area contributed by atoms with Crippen LogP contribution in [0.4, 0.5) is 15.8 Å². The molecule has 5 rings (SSSR count). The van der Waals surface area contributed by atoms with Crippen molar-refractivity contribution >= 4 is 33.9 Å². The highest BCUT2D eigenvalue weighted by atomic mass is 19.1. The number of hydrogen-bond acceptors (Lipinski definition) is 6. The molecule has 1 unspecified atom stereocenters. The minimum Gasteiger partial charge on any atom is -0.422 e. The largest absolute Gasteiger partial charge is 0.422 e. The van der Waals surface area contributed by atoms with E-state index in [2.05, 4.69) is 20.5 Å². The van der Waals surface area contributed by atoms with Crippen LogP contribution < -0.4 is 21.2 Å². The summed E-state index contributed by atoms with van der Waals surface area (Å²) in [5.74, 6) is -1.04. The molecule has 1 fully saturated rings. The summed E-state index contributed by atoms with van der Waals surface area (Å²) in [4.78, 5) is 31.4. The van der Waals surface area contributed by atoms with E-state index in [1.807, 2.05) is 13.1 Å². The normalized spacial score (nSPS) is 16.2. The lowest BCUT2D eigenvalue weighted by molar-refractivity contribution is 0.102. The third kappa shape index (κ3) is 3.50. The van der Waals surface area contributed by atoms with Crippen LogP contribution in [0.3, 0.4) is 0 Å². The number of anilines is 2. The summed E-state index contributed by atoms with van der Waals surface area (Å²) in [7, 11) is 1.93. The Morgan fingerprint density at radius 2 is 2.09 bits per heavy atom. The number of carbonyl (C=O) groups is 1. The van der Waals surface area contributed by atoms with Gasteiger partial charge in [0.05, 0.1) is 16.9 Å². The van der Waals surface area contributed by atoms with Crippen molar-refractivity contribution in [3.05, 3.63) is 70.2 Å². The predicted octanol–water partition coefficient (Wildman–Crippen LogP) is 2.94. The molecule has 1 aromatic carbocycles. The molecule has 8 nitrogen and oxygen atoms in total. The van der Waals surface area contributed by atoms with E-state index in [1.165, 1.54) is 16.5 Å². The number of halogens is 1. The van der Waals surface area contributed by atoms with Gasteiger partial charge in [-0.05, 0) is 38.6 Å². The molecular formula is C23H22FN5O3. The number of carbonyl (C=O) groups excluding carboxylic acids is 1. The van der Waals surface area contributed by atoms with E-state index >= 15 is 0 Å². The summed E-state index contributed by atoms with van der Waals surface area (Å²) >= 11 is 0. The van der Waals surface area contributed by atoms with Gasteiger partial charge in [-0.1, -0.05) is 0 Å². The molecule has 3 aromatic heterocycles. The van der Waals surface area contributed by atoms with Crippen LogP contribution in [0.15, 0.2) is 51.9 Å². The zero-order valence-corrected chi connectivity index (χ0v) is 17.7. The third-order valence-corrected chi connectivity index (χ3v) is 5.83. The van der Waals surface area contributed by atoms with Crippen molar-refractivity contribution < 1.29 is 13.6 Å². The van der Waals surface area contributed by atoms with E-state index in [0.29, 0.717) is 17.1 Å².